The van der Waals surface area contributed by atoms with E-state index in [-0.39, 0.29) is 9.77 Å². The van der Waals surface area contributed by atoms with Gasteiger partial charge in [-0.25, -0.2) is 13.1 Å². The van der Waals surface area contributed by atoms with Gasteiger partial charge in [-0.1, -0.05) is 59.9 Å². The van der Waals surface area contributed by atoms with E-state index in [2.05, 4.69) is 4.72 Å². The highest BCUT2D eigenvalue weighted by molar-refractivity contribution is 7.89. The number of nitrogens with one attached hydrogen (secondary N) is 1. The van der Waals surface area contributed by atoms with E-state index in [0.717, 1.165) is 28.0 Å². The van der Waals surface area contributed by atoms with Crippen molar-refractivity contribution in [3.05, 3.63) is 93.6 Å². The summed E-state index contributed by atoms with van der Waals surface area (Å²) in [6.45, 7) is 4.34. The fourth-order valence-corrected chi connectivity index (χ4v) is 6.54. The molecule has 33 heavy (non-hydrogen) atoms. The second kappa shape index (κ2) is 8.13. The molecular formula is C25H24N2O4S2. The number of hydrogen-bond donors (Lipinski definition) is 1. The van der Waals surface area contributed by atoms with Crippen LogP contribution in [0.15, 0.2) is 82.5 Å². The molecule has 0 spiro atoms. The summed E-state index contributed by atoms with van der Waals surface area (Å²) in [5, 5.41) is 0. The van der Waals surface area contributed by atoms with Gasteiger partial charge in [0.2, 0.25) is 10.0 Å². The summed E-state index contributed by atoms with van der Waals surface area (Å²) in [4.78, 5) is 12.7. The Bertz CT molecular complexity index is 1490. The van der Waals surface area contributed by atoms with E-state index in [1.807, 2.05) is 68.4 Å². The Kier molecular flexibility index (Phi) is 5.39. The van der Waals surface area contributed by atoms with E-state index in [1.165, 1.54) is 0 Å². The lowest BCUT2D eigenvalue weighted by Crippen LogP contribution is -2.41. The van der Waals surface area contributed by atoms with Gasteiger partial charge in [-0.2, -0.15) is 0 Å². The first-order valence-corrected chi connectivity index (χ1v) is 13.0. The number of rotatable bonds is 5. The maximum Gasteiger partial charge on any atom is 0.308 e. The number of ether oxygens (including phenoxy) is 1. The molecule has 0 aliphatic carbocycles. The van der Waals surface area contributed by atoms with Crippen molar-refractivity contribution >= 4 is 31.6 Å². The van der Waals surface area contributed by atoms with E-state index >= 15 is 0 Å². The second-order valence-corrected chi connectivity index (χ2v) is 11.6. The van der Waals surface area contributed by atoms with E-state index in [1.54, 1.807) is 22.8 Å². The van der Waals surface area contributed by atoms with Gasteiger partial charge in [0.1, 0.15) is 11.4 Å². The number of hydrogen-bond acceptors (Lipinski definition) is 5. The highest BCUT2D eigenvalue weighted by Gasteiger charge is 2.36. The number of thiazole rings is 1. The van der Waals surface area contributed by atoms with Crippen LogP contribution in [-0.2, 0) is 16.6 Å². The zero-order valence-electron chi connectivity index (χ0n) is 18.3. The van der Waals surface area contributed by atoms with Gasteiger partial charge < -0.3 is 4.74 Å². The summed E-state index contributed by atoms with van der Waals surface area (Å²) in [5.41, 5.74) is 2.06. The van der Waals surface area contributed by atoms with Crippen molar-refractivity contribution in [3.8, 4) is 5.75 Å². The summed E-state index contributed by atoms with van der Waals surface area (Å²) in [6.07, 6.45) is 0.506. The van der Waals surface area contributed by atoms with Crippen LogP contribution in [0.4, 0.5) is 0 Å². The zero-order chi connectivity index (χ0) is 23.2. The molecular weight excluding hydrogens is 456 g/mol. The maximum absolute atomic E-state index is 13.3. The highest BCUT2D eigenvalue weighted by atomic mass is 32.2. The number of fused-ring (bicyclic) bond motifs is 2. The molecule has 1 aliphatic heterocycles. The molecule has 1 aromatic heterocycles. The van der Waals surface area contributed by atoms with Gasteiger partial charge in [0.05, 0.1) is 27.7 Å². The van der Waals surface area contributed by atoms with E-state index in [0.29, 0.717) is 23.4 Å². The molecule has 0 fully saturated rings. The van der Waals surface area contributed by atoms with Crippen LogP contribution in [0, 0.1) is 0 Å². The molecule has 6 nitrogen and oxygen atoms in total. The van der Waals surface area contributed by atoms with Crippen LogP contribution in [0.25, 0.3) is 10.2 Å². The van der Waals surface area contributed by atoms with E-state index in [9.17, 15) is 13.2 Å². The summed E-state index contributed by atoms with van der Waals surface area (Å²) in [5.74, 6) is 0.688. The van der Waals surface area contributed by atoms with Crippen molar-refractivity contribution in [3.63, 3.8) is 0 Å². The Morgan fingerprint density at radius 1 is 1.06 bits per heavy atom. The molecule has 1 aliphatic rings. The Morgan fingerprint density at radius 3 is 2.58 bits per heavy atom. The lowest BCUT2D eigenvalue weighted by molar-refractivity contribution is 0.0702. The van der Waals surface area contributed by atoms with Gasteiger partial charge in [-0.15, -0.1) is 0 Å². The molecule has 1 N–H and O–H groups in total. The molecule has 170 valence electrons. The van der Waals surface area contributed by atoms with Gasteiger partial charge in [0.15, 0.2) is 0 Å². The summed E-state index contributed by atoms with van der Waals surface area (Å²) in [6, 6.07) is 21.7. The largest absolute Gasteiger partial charge is 0.487 e. The van der Waals surface area contributed by atoms with Crippen molar-refractivity contribution in [2.45, 2.75) is 43.4 Å². The minimum absolute atomic E-state index is 0.114. The van der Waals surface area contributed by atoms with Gasteiger partial charge in [0.25, 0.3) is 0 Å². The molecule has 2 heterocycles. The molecule has 0 amide bonds. The third-order valence-corrected chi connectivity index (χ3v) is 8.22. The molecule has 0 saturated heterocycles. The van der Waals surface area contributed by atoms with E-state index in [4.69, 9.17) is 4.74 Å². The predicted octanol–water partition coefficient (Wildman–Crippen LogP) is 4.69. The van der Waals surface area contributed by atoms with Gasteiger partial charge in [-0.05, 0) is 43.7 Å². The van der Waals surface area contributed by atoms with Crippen molar-refractivity contribution in [1.82, 2.24) is 9.29 Å². The maximum atomic E-state index is 13.3. The first-order chi connectivity index (χ1) is 15.7. The monoisotopic (exact) mass is 480 g/mol. The molecule has 8 heteroatoms. The van der Waals surface area contributed by atoms with Crippen molar-refractivity contribution in [2.24, 2.45) is 0 Å². The highest BCUT2D eigenvalue weighted by Crippen LogP contribution is 2.40. The van der Waals surface area contributed by atoms with Crippen LogP contribution in [0.1, 0.15) is 37.4 Å². The number of para-hydroxylation sites is 1. The molecule has 0 bridgehead atoms. The fraction of sp³-hybridized carbons (Fsp3) is 0.240. The lowest BCUT2D eigenvalue weighted by Gasteiger charge is -2.37. The third-order valence-electron chi connectivity index (χ3n) is 5.81. The van der Waals surface area contributed by atoms with Crippen LogP contribution in [0.2, 0.25) is 0 Å². The predicted molar refractivity (Wildman–Crippen MR) is 130 cm³/mol. The van der Waals surface area contributed by atoms with Crippen LogP contribution in [0.3, 0.4) is 0 Å². The number of nitrogens with zero attached hydrogens (tertiary/aromatic N) is 1. The first kappa shape index (κ1) is 21.9. The molecule has 0 unspecified atom stereocenters. The van der Waals surface area contributed by atoms with E-state index < -0.39 is 21.7 Å². The number of sulfonamides is 1. The smallest absolute Gasteiger partial charge is 0.308 e. The van der Waals surface area contributed by atoms with Gasteiger partial charge >= 0.3 is 4.87 Å². The minimum atomic E-state index is -3.82. The third kappa shape index (κ3) is 4.34. The topological polar surface area (TPSA) is 77.4 Å². The average molecular weight is 481 g/mol. The Balaban J connectivity index is 1.47. The minimum Gasteiger partial charge on any atom is -0.487 e. The molecule has 3 aromatic carbocycles. The molecule has 1 atom stereocenters. The number of benzene rings is 3. The molecule has 4 aromatic rings. The quantitative estimate of drug-likeness (QED) is 0.450. The molecule has 5 rings (SSSR count). The van der Waals surface area contributed by atoms with Crippen LogP contribution >= 0.6 is 11.3 Å². The number of aromatic nitrogens is 1. The Hall–Kier alpha value is -2.94. The SMILES string of the molecule is CC1(C)C[C@@H](NS(=O)(=O)c2ccc3c(c2)sc(=O)n3Cc2ccccc2)c2ccccc2O1. The van der Waals surface area contributed by atoms with Gasteiger partial charge in [-0.3, -0.25) is 9.36 Å². The van der Waals surface area contributed by atoms with Crippen LogP contribution in [-0.4, -0.2) is 18.6 Å². The Labute approximate surface area is 196 Å². The summed E-state index contributed by atoms with van der Waals surface area (Å²) < 4.78 is 37.8. The Morgan fingerprint density at radius 2 is 1.79 bits per heavy atom. The van der Waals surface area contributed by atoms with Crippen molar-refractivity contribution in [2.75, 3.05) is 0 Å². The molecule has 0 radical (unpaired) electrons. The average Bonchev–Trinajstić information content (AvgIpc) is 3.08. The van der Waals surface area contributed by atoms with Gasteiger partial charge in [0, 0.05) is 12.0 Å². The fourth-order valence-electron chi connectivity index (χ4n) is 4.29. The zero-order valence-corrected chi connectivity index (χ0v) is 19.9. The second-order valence-electron chi connectivity index (χ2n) is 8.85. The van der Waals surface area contributed by atoms with Crippen molar-refractivity contribution < 1.29 is 13.2 Å². The normalized spacial score (nSPS) is 17.5. The first-order valence-electron chi connectivity index (χ1n) is 10.7. The standard InChI is InChI=1S/C25H24N2O4S2/c1-25(2)15-20(19-10-6-7-11-22(19)31-25)26-33(29,30)18-12-13-21-23(14-18)32-24(28)27(21)16-17-8-4-3-5-9-17/h3-14,20,26H,15-16H2,1-2H3/t20-/m1/s1. The van der Waals surface area contributed by atoms with Crippen LogP contribution in [0.5, 0.6) is 5.75 Å². The van der Waals surface area contributed by atoms with Crippen molar-refractivity contribution in [1.29, 1.82) is 0 Å². The molecule has 0 saturated carbocycles. The summed E-state index contributed by atoms with van der Waals surface area (Å²) >= 11 is 1.06. The summed E-state index contributed by atoms with van der Waals surface area (Å²) in [7, 11) is -3.82. The lowest BCUT2D eigenvalue weighted by atomic mass is 9.90. The van der Waals surface area contributed by atoms with Crippen LogP contribution < -0.4 is 14.3 Å².